The molecule has 2 N–H and O–H groups in total. The van der Waals surface area contributed by atoms with E-state index in [1.807, 2.05) is 0 Å². The summed E-state index contributed by atoms with van der Waals surface area (Å²) in [7, 11) is 0. The highest BCUT2D eigenvalue weighted by Gasteiger charge is 2.06. The van der Waals surface area contributed by atoms with Crippen molar-refractivity contribution in [3.05, 3.63) is 6.92 Å². The van der Waals surface area contributed by atoms with Crippen LogP contribution in [-0.4, -0.2) is 37.7 Å². The van der Waals surface area contributed by atoms with Gasteiger partial charge in [0.05, 0.1) is 0 Å². The van der Waals surface area contributed by atoms with Gasteiger partial charge in [-0.05, 0) is 6.42 Å². The zero-order valence-corrected chi connectivity index (χ0v) is 7.81. The monoisotopic (exact) mass is 170 g/mol. The number of unbranched alkanes of at least 4 members (excludes halogenated alkanes) is 2. The maximum atomic E-state index is 3.82. The summed E-state index contributed by atoms with van der Waals surface area (Å²) in [5, 5.41) is 5.63. The number of hydrogen-bond acceptors (Lipinski definition) is 3. The van der Waals surface area contributed by atoms with Crippen molar-refractivity contribution in [1.29, 1.82) is 0 Å². The number of hydrazine groups is 1. The molecular formula is C9H20N3. The third kappa shape index (κ3) is 4.04. The van der Waals surface area contributed by atoms with E-state index in [1.54, 1.807) is 0 Å². The molecular weight excluding hydrogens is 150 g/mol. The fourth-order valence-corrected chi connectivity index (χ4v) is 1.36. The molecule has 71 valence electrons. The summed E-state index contributed by atoms with van der Waals surface area (Å²) in [5.74, 6) is 0. The van der Waals surface area contributed by atoms with E-state index in [4.69, 9.17) is 0 Å². The molecule has 0 saturated carbocycles. The second-order valence-corrected chi connectivity index (χ2v) is 3.21. The van der Waals surface area contributed by atoms with Crippen molar-refractivity contribution < 1.29 is 0 Å². The summed E-state index contributed by atoms with van der Waals surface area (Å²) >= 11 is 0. The van der Waals surface area contributed by atoms with Gasteiger partial charge in [-0.2, -0.15) is 0 Å². The van der Waals surface area contributed by atoms with Crippen LogP contribution in [0.3, 0.4) is 0 Å². The van der Waals surface area contributed by atoms with Gasteiger partial charge in [0.2, 0.25) is 0 Å². The molecule has 0 aromatic carbocycles. The van der Waals surface area contributed by atoms with Crippen LogP contribution < -0.4 is 10.7 Å². The second-order valence-electron chi connectivity index (χ2n) is 3.21. The topological polar surface area (TPSA) is 27.3 Å². The van der Waals surface area contributed by atoms with Gasteiger partial charge in [0.25, 0.3) is 0 Å². The van der Waals surface area contributed by atoms with Crippen molar-refractivity contribution in [1.82, 2.24) is 15.8 Å². The smallest absolute Gasteiger partial charge is 0.0256 e. The van der Waals surface area contributed by atoms with E-state index in [9.17, 15) is 0 Å². The number of hydrogen-bond donors (Lipinski definition) is 2. The van der Waals surface area contributed by atoms with Crippen molar-refractivity contribution in [2.24, 2.45) is 0 Å². The Balaban J connectivity index is 1.91. The largest absolute Gasteiger partial charge is 0.314 e. The van der Waals surface area contributed by atoms with Gasteiger partial charge in [-0.3, -0.25) is 5.43 Å². The molecule has 0 spiro atoms. The van der Waals surface area contributed by atoms with E-state index in [0.29, 0.717) is 0 Å². The zero-order valence-electron chi connectivity index (χ0n) is 7.81. The molecule has 1 aliphatic rings. The molecule has 1 heterocycles. The lowest BCUT2D eigenvalue weighted by Gasteiger charge is -2.27. The molecule has 0 unspecified atom stereocenters. The Labute approximate surface area is 75.5 Å². The quantitative estimate of drug-likeness (QED) is 0.585. The standard InChI is InChI=1S/C9H20N3/c1-2-3-4-5-11-12-8-6-10-7-9-12/h10-11H,1-9H2. The van der Waals surface area contributed by atoms with Crippen LogP contribution in [0.1, 0.15) is 19.3 Å². The van der Waals surface area contributed by atoms with E-state index < -0.39 is 0 Å². The van der Waals surface area contributed by atoms with Crippen LogP contribution in [0.2, 0.25) is 0 Å². The fourth-order valence-electron chi connectivity index (χ4n) is 1.36. The highest BCUT2D eigenvalue weighted by molar-refractivity contribution is 4.63. The summed E-state index contributed by atoms with van der Waals surface area (Å²) in [5.41, 5.74) is 3.42. The van der Waals surface area contributed by atoms with Crippen LogP contribution in [-0.2, 0) is 0 Å². The average Bonchev–Trinajstić information content (AvgIpc) is 2.14. The molecule has 1 aliphatic heterocycles. The van der Waals surface area contributed by atoms with Crippen LogP contribution >= 0.6 is 0 Å². The number of nitrogens with zero attached hydrogens (tertiary/aromatic N) is 1. The average molecular weight is 170 g/mol. The molecule has 3 heteroatoms. The summed E-state index contributed by atoms with van der Waals surface area (Å²) < 4.78 is 0. The predicted octanol–water partition coefficient (Wildman–Crippen LogP) is 0.401. The molecule has 12 heavy (non-hydrogen) atoms. The lowest BCUT2D eigenvalue weighted by Crippen LogP contribution is -2.50. The SMILES string of the molecule is [CH2]CCCCNN1CCNCC1. The molecule has 3 nitrogen and oxygen atoms in total. The maximum Gasteiger partial charge on any atom is 0.0256 e. The summed E-state index contributed by atoms with van der Waals surface area (Å²) in [4.78, 5) is 0. The van der Waals surface area contributed by atoms with Gasteiger partial charge in [-0.25, -0.2) is 5.01 Å². The van der Waals surface area contributed by atoms with Crippen LogP contribution in [0, 0.1) is 6.92 Å². The van der Waals surface area contributed by atoms with E-state index >= 15 is 0 Å². The molecule has 1 saturated heterocycles. The number of rotatable bonds is 5. The van der Waals surface area contributed by atoms with E-state index in [2.05, 4.69) is 22.7 Å². The Hall–Kier alpha value is -0.120. The molecule has 1 fully saturated rings. The highest BCUT2D eigenvalue weighted by Crippen LogP contribution is 1.92. The Morgan fingerprint density at radius 3 is 2.67 bits per heavy atom. The third-order valence-corrected chi connectivity index (χ3v) is 2.13. The van der Waals surface area contributed by atoms with Gasteiger partial charge in [0.15, 0.2) is 0 Å². The van der Waals surface area contributed by atoms with Crippen molar-refractivity contribution in [2.75, 3.05) is 32.7 Å². The first-order valence-corrected chi connectivity index (χ1v) is 4.92. The maximum absolute atomic E-state index is 3.82. The first kappa shape index (κ1) is 9.96. The highest BCUT2D eigenvalue weighted by atomic mass is 15.5. The number of piperazine rings is 1. The van der Waals surface area contributed by atoms with Gasteiger partial charge >= 0.3 is 0 Å². The van der Waals surface area contributed by atoms with Gasteiger partial charge in [-0.1, -0.05) is 19.8 Å². The van der Waals surface area contributed by atoms with Gasteiger partial charge in [-0.15, -0.1) is 0 Å². The van der Waals surface area contributed by atoms with Crippen molar-refractivity contribution in [3.8, 4) is 0 Å². The lowest BCUT2D eigenvalue weighted by molar-refractivity contribution is 0.163. The van der Waals surface area contributed by atoms with Crippen molar-refractivity contribution in [2.45, 2.75) is 19.3 Å². The Bertz CT molecular complexity index is 99.9. The predicted molar refractivity (Wildman–Crippen MR) is 51.7 cm³/mol. The molecule has 0 aliphatic carbocycles. The molecule has 0 atom stereocenters. The Kier molecular flexibility index (Phi) is 5.32. The van der Waals surface area contributed by atoms with E-state index in [1.165, 1.54) is 12.8 Å². The molecule has 1 rings (SSSR count). The molecule has 1 radical (unpaired) electrons. The van der Waals surface area contributed by atoms with Crippen LogP contribution in [0.15, 0.2) is 0 Å². The molecule has 0 bridgehead atoms. The summed E-state index contributed by atoms with van der Waals surface area (Å²) in [6, 6.07) is 0. The minimum Gasteiger partial charge on any atom is -0.314 e. The first-order valence-electron chi connectivity index (χ1n) is 4.92. The van der Waals surface area contributed by atoms with E-state index in [0.717, 1.165) is 39.1 Å². The molecule has 0 aromatic rings. The molecule has 0 aromatic heterocycles. The van der Waals surface area contributed by atoms with Crippen LogP contribution in [0.5, 0.6) is 0 Å². The first-order chi connectivity index (χ1) is 5.93. The second kappa shape index (κ2) is 6.40. The normalized spacial score (nSPS) is 19.8. The number of nitrogens with one attached hydrogen (secondary N) is 2. The molecule has 0 amide bonds. The van der Waals surface area contributed by atoms with Crippen LogP contribution in [0.25, 0.3) is 0 Å². The van der Waals surface area contributed by atoms with Gasteiger partial charge in [0.1, 0.15) is 0 Å². The minimum absolute atomic E-state index is 1.06. The lowest BCUT2D eigenvalue weighted by atomic mass is 10.2. The van der Waals surface area contributed by atoms with Gasteiger partial charge in [0, 0.05) is 32.7 Å². The van der Waals surface area contributed by atoms with Crippen LogP contribution in [0.4, 0.5) is 0 Å². The fraction of sp³-hybridized carbons (Fsp3) is 0.889. The van der Waals surface area contributed by atoms with Crippen molar-refractivity contribution in [3.63, 3.8) is 0 Å². The summed E-state index contributed by atoms with van der Waals surface area (Å²) in [6.07, 6.45) is 3.54. The Morgan fingerprint density at radius 2 is 2.00 bits per heavy atom. The van der Waals surface area contributed by atoms with Gasteiger partial charge < -0.3 is 5.32 Å². The van der Waals surface area contributed by atoms with Crippen molar-refractivity contribution >= 4 is 0 Å². The third-order valence-electron chi connectivity index (χ3n) is 2.13. The Morgan fingerprint density at radius 1 is 1.25 bits per heavy atom. The zero-order chi connectivity index (χ0) is 8.65. The minimum atomic E-state index is 1.06. The summed E-state index contributed by atoms with van der Waals surface area (Å²) in [6.45, 7) is 9.41. The van der Waals surface area contributed by atoms with E-state index in [-0.39, 0.29) is 0 Å².